The predicted molar refractivity (Wildman–Crippen MR) is 123 cm³/mol. The van der Waals surface area contributed by atoms with Crippen molar-refractivity contribution in [3.63, 3.8) is 0 Å². The average molecular weight is 425 g/mol. The number of hydrogen-bond acceptors (Lipinski definition) is 3. The zero-order chi connectivity index (χ0) is 21.3. The fraction of sp³-hybridized carbons (Fsp3) is 0.440. The minimum Gasteiger partial charge on any atom is -0.352 e. The van der Waals surface area contributed by atoms with Gasteiger partial charge in [0.05, 0.1) is 0 Å². The van der Waals surface area contributed by atoms with Crippen LogP contribution in [0.25, 0.3) is 0 Å². The number of rotatable bonds is 9. The van der Waals surface area contributed by atoms with Crippen LogP contribution in [0.3, 0.4) is 0 Å². The van der Waals surface area contributed by atoms with E-state index in [0.717, 1.165) is 28.9 Å². The van der Waals surface area contributed by atoms with E-state index in [4.69, 9.17) is 0 Å². The van der Waals surface area contributed by atoms with E-state index >= 15 is 0 Å². The maximum absolute atomic E-state index is 13.1. The molecule has 0 radical (unpaired) electrons. The Balaban J connectivity index is 1.65. The molecule has 1 aliphatic rings. The Hall–Kier alpha value is -2.27. The Morgan fingerprint density at radius 3 is 2.53 bits per heavy atom. The first kappa shape index (κ1) is 22.4. The Kier molecular flexibility index (Phi) is 8.38. The molecule has 1 N–H and O–H groups in total. The van der Waals surface area contributed by atoms with E-state index in [0.29, 0.717) is 18.7 Å². The fourth-order valence-corrected chi connectivity index (χ4v) is 4.76. The molecule has 2 aromatic rings. The first-order chi connectivity index (χ1) is 14.5. The van der Waals surface area contributed by atoms with Crippen LogP contribution >= 0.6 is 11.8 Å². The highest BCUT2D eigenvalue weighted by molar-refractivity contribution is 7.99. The number of nitrogens with one attached hydrogen (secondary N) is 1. The Labute approximate surface area is 184 Å². The van der Waals surface area contributed by atoms with Crippen LogP contribution in [-0.4, -0.2) is 34.6 Å². The van der Waals surface area contributed by atoms with Crippen LogP contribution < -0.4 is 5.32 Å². The van der Waals surface area contributed by atoms with Crippen molar-refractivity contribution in [2.24, 2.45) is 0 Å². The van der Waals surface area contributed by atoms with Crippen molar-refractivity contribution in [2.75, 3.05) is 5.75 Å². The summed E-state index contributed by atoms with van der Waals surface area (Å²) in [5.41, 5.74) is 2.21. The highest BCUT2D eigenvalue weighted by Gasteiger charge is 2.28. The zero-order valence-corrected chi connectivity index (χ0v) is 18.8. The van der Waals surface area contributed by atoms with Crippen LogP contribution in [0.4, 0.5) is 0 Å². The van der Waals surface area contributed by atoms with Gasteiger partial charge in [0.25, 0.3) is 0 Å². The van der Waals surface area contributed by atoms with Gasteiger partial charge in [-0.05, 0) is 44.4 Å². The summed E-state index contributed by atoms with van der Waals surface area (Å²) in [5.74, 6) is 0.678. The van der Waals surface area contributed by atoms with E-state index in [-0.39, 0.29) is 17.9 Å². The molecule has 4 nitrogen and oxygen atoms in total. The number of amides is 2. The molecule has 0 bridgehead atoms. The van der Waals surface area contributed by atoms with Crippen molar-refractivity contribution in [1.82, 2.24) is 10.2 Å². The Morgan fingerprint density at radius 2 is 1.83 bits per heavy atom. The second-order valence-corrected chi connectivity index (χ2v) is 9.26. The van der Waals surface area contributed by atoms with Gasteiger partial charge in [0.1, 0.15) is 6.04 Å². The summed E-state index contributed by atoms with van der Waals surface area (Å²) in [5, 5.41) is 3.16. The van der Waals surface area contributed by atoms with E-state index in [1.165, 1.54) is 12.8 Å². The molecule has 3 rings (SSSR count). The van der Waals surface area contributed by atoms with Gasteiger partial charge < -0.3 is 10.2 Å². The molecule has 1 saturated carbocycles. The number of hydrogen-bond donors (Lipinski definition) is 1. The van der Waals surface area contributed by atoms with Gasteiger partial charge in [-0.1, -0.05) is 60.9 Å². The normalized spacial score (nSPS) is 15.0. The third-order valence-corrected chi connectivity index (χ3v) is 6.65. The Bertz CT molecular complexity index is 834. The molecule has 1 atom stereocenters. The van der Waals surface area contributed by atoms with Crippen LogP contribution in [0.2, 0.25) is 0 Å². The second-order valence-electron chi connectivity index (χ2n) is 8.09. The first-order valence-corrected chi connectivity index (χ1v) is 11.8. The lowest BCUT2D eigenvalue weighted by Gasteiger charge is -2.30. The maximum Gasteiger partial charge on any atom is 0.242 e. The minimum absolute atomic E-state index is 0.0222. The summed E-state index contributed by atoms with van der Waals surface area (Å²) >= 11 is 1.67. The standard InChI is InChI=1S/C25H32N2O2S/c1-19-9-8-10-21(17-19)18-27(20(2)25(29)26-22-11-6-7-12-22)24(28)15-16-30-23-13-4-3-5-14-23/h3-5,8-10,13-14,17,20,22H,6-7,11-12,15-16,18H2,1-2H3,(H,26,29). The van der Waals surface area contributed by atoms with Gasteiger partial charge in [0.15, 0.2) is 0 Å². The van der Waals surface area contributed by atoms with Gasteiger partial charge in [0.2, 0.25) is 11.8 Å². The molecule has 1 unspecified atom stereocenters. The molecule has 5 heteroatoms. The summed E-state index contributed by atoms with van der Waals surface area (Å²) in [6, 6.07) is 18.0. The molecule has 0 heterocycles. The first-order valence-electron chi connectivity index (χ1n) is 10.9. The van der Waals surface area contributed by atoms with Gasteiger partial charge in [-0.15, -0.1) is 11.8 Å². The molecule has 2 amide bonds. The summed E-state index contributed by atoms with van der Waals surface area (Å²) in [7, 11) is 0. The lowest BCUT2D eigenvalue weighted by Crippen LogP contribution is -2.49. The van der Waals surface area contributed by atoms with Crippen LogP contribution in [0.1, 0.15) is 50.2 Å². The smallest absolute Gasteiger partial charge is 0.242 e. The number of aryl methyl sites for hydroxylation is 1. The van der Waals surface area contributed by atoms with Gasteiger partial charge in [-0.25, -0.2) is 0 Å². The number of nitrogens with zero attached hydrogens (tertiary/aromatic N) is 1. The van der Waals surface area contributed by atoms with E-state index in [1.54, 1.807) is 16.7 Å². The molecular weight excluding hydrogens is 392 g/mol. The maximum atomic E-state index is 13.1. The molecule has 0 saturated heterocycles. The zero-order valence-electron chi connectivity index (χ0n) is 18.0. The monoisotopic (exact) mass is 424 g/mol. The van der Waals surface area contributed by atoms with Crippen LogP contribution in [0.15, 0.2) is 59.5 Å². The lowest BCUT2D eigenvalue weighted by molar-refractivity contribution is -0.140. The molecule has 30 heavy (non-hydrogen) atoms. The van der Waals surface area contributed by atoms with Crippen molar-refractivity contribution >= 4 is 23.6 Å². The lowest BCUT2D eigenvalue weighted by atomic mass is 10.1. The molecular formula is C25H32N2O2S. The Morgan fingerprint density at radius 1 is 1.10 bits per heavy atom. The van der Waals surface area contributed by atoms with Crippen LogP contribution in [0.5, 0.6) is 0 Å². The predicted octanol–water partition coefficient (Wildman–Crippen LogP) is 4.95. The topological polar surface area (TPSA) is 49.4 Å². The highest BCUT2D eigenvalue weighted by Crippen LogP contribution is 2.21. The van der Waals surface area contributed by atoms with Crippen molar-refractivity contribution in [2.45, 2.75) is 69.5 Å². The molecule has 1 aliphatic carbocycles. The van der Waals surface area contributed by atoms with Crippen molar-refractivity contribution in [3.05, 3.63) is 65.7 Å². The van der Waals surface area contributed by atoms with Crippen LogP contribution in [-0.2, 0) is 16.1 Å². The highest BCUT2D eigenvalue weighted by atomic mass is 32.2. The summed E-state index contributed by atoms with van der Waals surface area (Å²) in [4.78, 5) is 28.9. The summed E-state index contributed by atoms with van der Waals surface area (Å²) in [6.07, 6.45) is 4.83. The van der Waals surface area contributed by atoms with E-state index in [1.807, 2.05) is 50.2 Å². The van der Waals surface area contributed by atoms with Crippen LogP contribution in [0, 0.1) is 6.92 Å². The number of carbonyl (C=O) groups is 2. The quantitative estimate of drug-likeness (QED) is 0.579. The molecule has 0 spiro atoms. The number of benzene rings is 2. The summed E-state index contributed by atoms with van der Waals surface area (Å²) in [6.45, 7) is 4.35. The van der Waals surface area contributed by atoms with Crippen molar-refractivity contribution in [1.29, 1.82) is 0 Å². The molecule has 1 fully saturated rings. The summed E-state index contributed by atoms with van der Waals surface area (Å²) < 4.78 is 0. The van der Waals surface area contributed by atoms with E-state index in [2.05, 4.69) is 23.5 Å². The van der Waals surface area contributed by atoms with Gasteiger partial charge in [-0.3, -0.25) is 9.59 Å². The SMILES string of the molecule is Cc1cccc(CN(C(=O)CCSc2ccccc2)C(C)C(=O)NC2CCCC2)c1. The molecule has 160 valence electrons. The largest absolute Gasteiger partial charge is 0.352 e. The third-order valence-electron chi connectivity index (χ3n) is 5.63. The number of thioether (sulfide) groups is 1. The van der Waals surface area contributed by atoms with Gasteiger partial charge >= 0.3 is 0 Å². The van der Waals surface area contributed by atoms with E-state index in [9.17, 15) is 9.59 Å². The molecule has 2 aromatic carbocycles. The molecule has 0 aliphatic heterocycles. The van der Waals surface area contributed by atoms with Gasteiger partial charge in [0, 0.05) is 29.7 Å². The van der Waals surface area contributed by atoms with Crippen molar-refractivity contribution in [3.8, 4) is 0 Å². The second kappa shape index (κ2) is 11.2. The molecule has 0 aromatic heterocycles. The third kappa shape index (κ3) is 6.63. The van der Waals surface area contributed by atoms with E-state index < -0.39 is 6.04 Å². The average Bonchev–Trinajstić information content (AvgIpc) is 3.25. The minimum atomic E-state index is -0.486. The fourth-order valence-electron chi connectivity index (χ4n) is 3.90. The van der Waals surface area contributed by atoms with Gasteiger partial charge in [-0.2, -0.15) is 0 Å². The van der Waals surface area contributed by atoms with Crippen molar-refractivity contribution < 1.29 is 9.59 Å². The number of carbonyl (C=O) groups excluding carboxylic acids is 2.